The van der Waals surface area contributed by atoms with Crippen LogP contribution in [-0.4, -0.2) is 26.9 Å². The average Bonchev–Trinajstić information content (AvgIpc) is 2.35. The molecule has 1 saturated heterocycles. The zero-order valence-corrected chi connectivity index (χ0v) is 10.8. The van der Waals surface area contributed by atoms with Crippen molar-refractivity contribution in [3.63, 3.8) is 0 Å². The minimum absolute atomic E-state index is 0.162. The molecule has 8 heteroatoms. The molecule has 4 N–H and O–H groups in total. The first-order valence-corrected chi connectivity index (χ1v) is 7.23. The summed E-state index contributed by atoms with van der Waals surface area (Å²) in [5, 5.41) is 2.58. The monoisotopic (exact) mass is 287 g/mol. The zero-order valence-electron chi connectivity index (χ0n) is 10.0. The highest BCUT2D eigenvalue weighted by Crippen LogP contribution is 2.17. The molecule has 1 aliphatic rings. The van der Waals surface area contributed by atoms with Gasteiger partial charge in [0, 0.05) is 6.54 Å². The molecule has 1 atom stereocenters. The lowest BCUT2D eigenvalue weighted by Crippen LogP contribution is -2.50. The van der Waals surface area contributed by atoms with Gasteiger partial charge in [0.15, 0.2) is 0 Å². The number of anilines is 1. The molecular formula is C11H14FN3O3S. The van der Waals surface area contributed by atoms with Crippen LogP contribution in [0.1, 0.15) is 12.8 Å². The van der Waals surface area contributed by atoms with Gasteiger partial charge in [-0.1, -0.05) is 0 Å². The van der Waals surface area contributed by atoms with Crippen LogP contribution in [0.4, 0.5) is 10.1 Å². The van der Waals surface area contributed by atoms with E-state index in [4.69, 9.17) is 5.73 Å². The van der Waals surface area contributed by atoms with Crippen molar-refractivity contribution in [1.82, 2.24) is 10.0 Å². The van der Waals surface area contributed by atoms with Crippen LogP contribution in [0.3, 0.4) is 0 Å². The van der Waals surface area contributed by atoms with Gasteiger partial charge in [-0.05, 0) is 31.0 Å². The molecule has 0 spiro atoms. The summed E-state index contributed by atoms with van der Waals surface area (Å²) in [4.78, 5) is 11.3. The first kappa shape index (κ1) is 13.8. The minimum atomic E-state index is -3.89. The fraction of sp³-hybridized carbons (Fsp3) is 0.364. The quantitative estimate of drug-likeness (QED) is 0.679. The van der Waals surface area contributed by atoms with Crippen LogP contribution in [-0.2, 0) is 14.8 Å². The third-order valence-electron chi connectivity index (χ3n) is 2.86. The van der Waals surface area contributed by atoms with Crippen molar-refractivity contribution >= 4 is 21.6 Å². The van der Waals surface area contributed by atoms with Crippen molar-refractivity contribution in [2.24, 2.45) is 0 Å². The van der Waals surface area contributed by atoms with Crippen molar-refractivity contribution in [1.29, 1.82) is 0 Å². The Kier molecular flexibility index (Phi) is 3.72. The highest BCUT2D eigenvalue weighted by molar-refractivity contribution is 7.89. The first-order valence-electron chi connectivity index (χ1n) is 5.75. The molecule has 2 rings (SSSR count). The maximum absolute atomic E-state index is 13.0. The third kappa shape index (κ3) is 3.02. The van der Waals surface area contributed by atoms with Crippen LogP contribution in [0.2, 0.25) is 0 Å². The number of hydrogen-bond donors (Lipinski definition) is 3. The summed E-state index contributed by atoms with van der Waals surface area (Å²) in [6.45, 7) is 0.542. The van der Waals surface area contributed by atoms with Crippen molar-refractivity contribution in [2.75, 3.05) is 12.3 Å². The zero-order chi connectivity index (χ0) is 14.0. The van der Waals surface area contributed by atoms with Crippen LogP contribution in [0.5, 0.6) is 0 Å². The molecule has 1 aromatic carbocycles. The molecule has 1 amide bonds. The topological polar surface area (TPSA) is 101 Å². The van der Waals surface area contributed by atoms with Gasteiger partial charge in [-0.2, -0.15) is 4.72 Å². The molecule has 0 bridgehead atoms. The summed E-state index contributed by atoms with van der Waals surface area (Å²) in [6.07, 6.45) is 1.13. The van der Waals surface area contributed by atoms with E-state index in [1.54, 1.807) is 0 Å². The molecule has 1 unspecified atom stereocenters. The van der Waals surface area contributed by atoms with Crippen molar-refractivity contribution in [3.8, 4) is 0 Å². The van der Waals surface area contributed by atoms with Gasteiger partial charge in [0.05, 0.1) is 10.6 Å². The number of hydrogen-bond acceptors (Lipinski definition) is 4. The second-order valence-electron chi connectivity index (χ2n) is 4.29. The molecule has 0 saturated carbocycles. The standard InChI is InChI=1S/C11H14FN3O3S/c12-8-4-3-7(6-9(8)13)19(17,18)15-10-2-1-5-14-11(10)16/h3-4,6,10,15H,1-2,5,13H2,(H,14,16). The molecule has 1 heterocycles. The average molecular weight is 287 g/mol. The van der Waals surface area contributed by atoms with Crippen LogP contribution in [0.15, 0.2) is 23.1 Å². The second-order valence-corrected chi connectivity index (χ2v) is 6.00. The Morgan fingerprint density at radius 3 is 2.79 bits per heavy atom. The van der Waals surface area contributed by atoms with Crippen molar-refractivity contribution < 1.29 is 17.6 Å². The minimum Gasteiger partial charge on any atom is -0.396 e. The number of amides is 1. The predicted molar refractivity (Wildman–Crippen MR) is 67.2 cm³/mol. The maximum Gasteiger partial charge on any atom is 0.241 e. The second kappa shape index (κ2) is 5.14. The van der Waals surface area contributed by atoms with Gasteiger partial charge in [0.1, 0.15) is 11.9 Å². The van der Waals surface area contributed by atoms with E-state index in [0.717, 1.165) is 18.2 Å². The van der Waals surface area contributed by atoms with Crippen LogP contribution in [0.25, 0.3) is 0 Å². The van der Waals surface area contributed by atoms with E-state index in [2.05, 4.69) is 10.0 Å². The highest BCUT2D eigenvalue weighted by atomic mass is 32.2. The van der Waals surface area contributed by atoms with E-state index in [1.807, 2.05) is 0 Å². The van der Waals surface area contributed by atoms with Crippen LogP contribution in [0, 0.1) is 5.82 Å². The van der Waals surface area contributed by atoms with Crippen LogP contribution < -0.4 is 15.8 Å². The Morgan fingerprint density at radius 1 is 1.42 bits per heavy atom. The van der Waals surface area contributed by atoms with Crippen LogP contribution >= 0.6 is 0 Å². The number of nitrogen functional groups attached to an aromatic ring is 1. The summed E-state index contributed by atoms with van der Waals surface area (Å²) in [5.41, 5.74) is 5.08. The summed E-state index contributed by atoms with van der Waals surface area (Å²) < 4.78 is 39.4. The Balaban J connectivity index is 2.22. The maximum atomic E-state index is 13.0. The fourth-order valence-corrected chi connectivity index (χ4v) is 3.09. The van der Waals surface area contributed by atoms with Gasteiger partial charge in [0.25, 0.3) is 0 Å². The predicted octanol–water partition coefficient (Wildman–Crippen LogP) is -0.0352. The molecule has 19 heavy (non-hydrogen) atoms. The fourth-order valence-electron chi connectivity index (χ4n) is 1.83. The summed E-state index contributed by atoms with van der Waals surface area (Å²) in [6, 6.07) is 2.31. The first-order chi connectivity index (χ1) is 8.90. The third-order valence-corrected chi connectivity index (χ3v) is 4.33. The number of nitrogens with two attached hydrogens (primary N) is 1. The van der Waals surface area contributed by atoms with Gasteiger partial charge < -0.3 is 11.1 Å². The Labute approximate surface area is 110 Å². The Morgan fingerprint density at radius 2 is 2.16 bits per heavy atom. The summed E-state index contributed by atoms with van der Waals surface area (Å²) >= 11 is 0. The number of carbonyl (C=O) groups excluding carboxylic acids is 1. The summed E-state index contributed by atoms with van der Waals surface area (Å²) in [7, 11) is -3.89. The van der Waals surface area contributed by atoms with E-state index in [0.29, 0.717) is 19.4 Å². The molecule has 0 radical (unpaired) electrons. The van der Waals surface area contributed by atoms with Gasteiger partial charge in [0.2, 0.25) is 15.9 Å². The summed E-state index contributed by atoms with van der Waals surface area (Å²) in [5.74, 6) is -1.04. The van der Waals surface area contributed by atoms with Gasteiger partial charge in [-0.15, -0.1) is 0 Å². The van der Waals surface area contributed by atoms with Gasteiger partial charge in [-0.25, -0.2) is 12.8 Å². The molecule has 1 aliphatic heterocycles. The molecule has 0 aromatic heterocycles. The Hall–Kier alpha value is -1.67. The van der Waals surface area contributed by atoms with E-state index in [1.165, 1.54) is 0 Å². The van der Waals surface area contributed by atoms with E-state index >= 15 is 0 Å². The SMILES string of the molecule is Nc1cc(S(=O)(=O)NC2CCCNC2=O)ccc1F. The lowest BCUT2D eigenvalue weighted by Gasteiger charge is -2.22. The number of carbonyl (C=O) groups is 1. The lowest BCUT2D eigenvalue weighted by molar-refractivity contribution is -0.124. The van der Waals surface area contributed by atoms with Crippen molar-refractivity contribution in [3.05, 3.63) is 24.0 Å². The van der Waals surface area contributed by atoms with Crippen molar-refractivity contribution in [2.45, 2.75) is 23.8 Å². The molecule has 1 fully saturated rings. The lowest BCUT2D eigenvalue weighted by atomic mass is 10.1. The Bertz CT molecular complexity index is 603. The largest absolute Gasteiger partial charge is 0.396 e. The highest BCUT2D eigenvalue weighted by Gasteiger charge is 2.27. The van der Waals surface area contributed by atoms with Gasteiger partial charge in [-0.3, -0.25) is 4.79 Å². The van der Waals surface area contributed by atoms with Gasteiger partial charge >= 0.3 is 0 Å². The van der Waals surface area contributed by atoms with E-state index in [-0.39, 0.29) is 16.5 Å². The number of piperidine rings is 1. The molecular weight excluding hydrogens is 273 g/mol. The number of halogens is 1. The number of rotatable bonds is 3. The smallest absolute Gasteiger partial charge is 0.241 e. The van der Waals surface area contributed by atoms with E-state index < -0.39 is 21.9 Å². The molecule has 0 aliphatic carbocycles. The number of benzene rings is 1. The van der Waals surface area contributed by atoms with E-state index in [9.17, 15) is 17.6 Å². The molecule has 1 aromatic rings. The number of sulfonamides is 1. The number of nitrogens with one attached hydrogen (secondary N) is 2. The molecule has 104 valence electrons. The normalized spacial score (nSPS) is 20.1. The molecule has 6 nitrogen and oxygen atoms in total.